The third-order valence-electron chi connectivity index (χ3n) is 12.8. The molecule has 6 heteroatoms. The molecule has 0 saturated carbocycles. The second-order valence-corrected chi connectivity index (χ2v) is 19.6. The second kappa shape index (κ2) is 14.3. The number of aromatic nitrogens is 2. The van der Waals surface area contributed by atoms with Crippen molar-refractivity contribution >= 4 is 44.6 Å². The van der Waals surface area contributed by atoms with E-state index in [0.717, 1.165) is 46.2 Å². The third kappa shape index (κ3) is 6.51. The van der Waals surface area contributed by atoms with Gasteiger partial charge in [-0.2, -0.15) is 10.7 Å². The molecular weight excluding hydrogens is 904 g/mol. The van der Waals surface area contributed by atoms with Crippen molar-refractivity contribution in [2.24, 2.45) is 0 Å². The molecule has 0 spiro atoms. The number of benzene rings is 5. The van der Waals surface area contributed by atoms with Crippen LogP contribution in [0.1, 0.15) is 117 Å². The Morgan fingerprint density at radius 3 is 2.07 bits per heavy atom. The van der Waals surface area contributed by atoms with Crippen LogP contribution in [0.4, 0.5) is 22.7 Å². The Hall–Kier alpha value is -4.54. The first-order valence-electron chi connectivity index (χ1n) is 21.1. The van der Waals surface area contributed by atoms with Crippen molar-refractivity contribution in [1.29, 1.82) is 0 Å². The van der Waals surface area contributed by atoms with Crippen LogP contribution in [-0.4, -0.2) is 9.55 Å². The summed E-state index contributed by atoms with van der Waals surface area (Å²) in [6.45, 7) is 27.5. The van der Waals surface area contributed by atoms with Gasteiger partial charge in [0.1, 0.15) is 5.82 Å². The van der Waals surface area contributed by atoms with Crippen LogP contribution in [0.3, 0.4) is 0 Å². The van der Waals surface area contributed by atoms with Crippen LogP contribution in [0, 0.1) is 18.8 Å². The van der Waals surface area contributed by atoms with E-state index >= 15 is 0 Å². The van der Waals surface area contributed by atoms with Gasteiger partial charge in [0.25, 0.3) is 0 Å². The van der Waals surface area contributed by atoms with Gasteiger partial charge in [-0.05, 0) is 75.3 Å². The van der Waals surface area contributed by atoms with Gasteiger partial charge in [-0.15, -0.1) is 35.2 Å². The van der Waals surface area contributed by atoms with Crippen LogP contribution in [0.5, 0.6) is 11.5 Å². The van der Waals surface area contributed by atoms with Crippen LogP contribution in [0.25, 0.3) is 27.6 Å². The predicted molar refractivity (Wildman–Crippen MR) is 242 cm³/mol. The molecule has 2 atom stereocenters. The molecule has 0 N–H and O–H groups in total. The van der Waals surface area contributed by atoms with Gasteiger partial charge in [-0.1, -0.05) is 124 Å². The van der Waals surface area contributed by atoms with Crippen LogP contribution >= 0.6 is 0 Å². The summed E-state index contributed by atoms with van der Waals surface area (Å²) in [6, 6.07) is 45.6. The van der Waals surface area contributed by atoms with Crippen LogP contribution < -0.4 is 13.9 Å². The summed E-state index contributed by atoms with van der Waals surface area (Å²) >= 11 is 0. The predicted octanol–water partition coefficient (Wildman–Crippen LogP) is 14.7. The molecule has 306 valence electrons. The molecule has 4 heterocycles. The van der Waals surface area contributed by atoms with E-state index in [4.69, 9.17) is 9.72 Å². The zero-order valence-electron chi connectivity index (χ0n) is 36.5. The summed E-state index contributed by atoms with van der Waals surface area (Å²) in [5.74, 6) is 2.73. The van der Waals surface area contributed by atoms with E-state index in [-0.39, 0.29) is 37.3 Å². The van der Waals surface area contributed by atoms with Crippen molar-refractivity contribution in [3.63, 3.8) is 0 Å². The summed E-state index contributed by atoms with van der Waals surface area (Å²) < 4.78 is 10.3. The summed E-state index contributed by atoms with van der Waals surface area (Å²) in [7, 11) is 0. The maximum atomic E-state index is 6.90. The van der Waals surface area contributed by atoms with E-state index in [2.05, 4.69) is 197 Å². The Morgan fingerprint density at radius 1 is 0.644 bits per heavy atom. The summed E-state index contributed by atoms with van der Waals surface area (Å²) in [6.07, 6.45) is 4.17. The number of ether oxygens (including phenoxy) is 1. The van der Waals surface area contributed by atoms with Gasteiger partial charge >= 0.3 is 0 Å². The second-order valence-electron chi connectivity index (χ2n) is 19.6. The number of quaternary nitrogens is 2. The van der Waals surface area contributed by atoms with E-state index in [0.29, 0.717) is 26.6 Å². The Morgan fingerprint density at radius 2 is 1.36 bits per heavy atom. The van der Waals surface area contributed by atoms with Crippen molar-refractivity contribution in [3.8, 4) is 17.3 Å². The number of fused-ring (bicyclic) bond motifs is 7. The Labute approximate surface area is 366 Å². The van der Waals surface area contributed by atoms with E-state index < -0.39 is 0 Å². The number of rotatable bonds is 8. The minimum Gasteiger partial charge on any atom is -0.509 e. The molecule has 9 rings (SSSR count). The first kappa shape index (κ1) is 41.2. The maximum absolute atomic E-state index is 6.90. The maximum Gasteiger partial charge on any atom is 0.225 e. The molecule has 1 unspecified atom stereocenters. The Kier molecular flexibility index (Phi) is 9.98. The van der Waals surface area contributed by atoms with Gasteiger partial charge in [0.05, 0.1) is 5.69 Å². The van der Waals surface area contributed by atoms with Gasteiger partial charge in [-0.3, -0.25) is 0 Å². The molecule has 0 bridgehead atoms. The molecule has 1 fully saturated rings. The molecule has 0 radical (unpaired) electrons. The SMILES string of the molecule is CCC(CC)c1cccc([N@+]23[CH-][N+]2(c2[c-]c(Oc4[c-]c5c(cc4)c4ccccc4n5-c4cc(C(C)(C)C)ccn4)cc(C(C)(C)C)c2)c2ccc(C(C)(C)C)cc23)c1.[Pt]. The number of pyridine rings is 1. The van der Waals surface area contributed by atoms with Gasteiger partial charge < -0.3 is 9.30 Å². The van der Waals surface area contributed by atoms with Gasteiger partial charge in [-0.25, -0.2) is 9.58 Å². The quantitative estimate of drug-likeness (QED) is 0.0862. The van der Waals surface area contributed by atoms with Crippen LogP contribution in [0.15, 0.2) is 109 Å². The fraction of sp³-hybridized carbons (Fsp3) is 0.321. The molecule has 2 aromatic heterocycles. The number of hydrogen-bond acceptors (Lipinski definition) is 2. The number of para-hydroxylation sites is 1. The monoisotopic (exact) mass is 960 g/mol. The van der Waals surface area contributed by atoms with Gasteiger partial charge in [0.2, 0.25) is 11.4 Å². The molecule has 0 amide bonds. The van der Waals surface area contributed by atoms with Crippen molar-refractivity contribution in [1.82, 2.24) is 18.7 Å². The summed E-state index contributed by atoms with van der Waals surface area (Å²) in [5, 5.41) is 2.27. The van der Waals surface area contributed by atoms with Crippen molar-refractivity contribution in [2.75, 3.05) is 0 Å². The Balaban J connectivity index is 0.00000484. The number of hydrogen-bond donors (Lipinski definition) is 0. The number of nitrogens with zero attached hydrogens (tertiary/aromatic N) is 4. The largest absolute Gasteiger partial charge is 0.509 e. The van der Waals surface area contributed by atoms with E-state index in [1.54, 1.807) is 0 Å². The van der Waals surface area contributed by atoms with Crippen molar-refractivity contribution < 1.29 is 25.8 Å². The molecule has 59 heavy (non-hydrogen) atoms. The molecule has 2 aliphatic rings. The van der Waals surface area contributed by atoms with Crippen LogP contribution in [-0.2, 0) is 37.3 Å². The molecule has 2 aliphatic heterocycles. The normalized spacial score (nSPS) is 18.6. The van der Waals surface area contributed by atoms with Crippen molar-refractivity contribution in [3.05, 3.63) is 150 Å². The average molecular weight is 961 g/mol. The fourth-order valence-corrected chi connectivity index (χ4v) is 9.19. The molecule has 5 nitrogen and oxygen atoms in total. The first-order valence-corrected chi connectivity index (χ1v) is 21.1. The van der Waals surface area contributed by atoms with Gasteiger partial charge in [0.15, 0.2) is 12.4 Å². The van der Waals surface area contributed by atoms with E-state index in [9.17, 15) is 0 Å². The zero-order chi connectivity index (χ0) is 41.0. The molecule has 5 aromatic carbocycles. The molecule has 7 aromatic rings. The minimum atomic E-state index is -0.130. The Bertz CT molecular complexity index is 2740. The summed E-state index contributed by atoms with van der Waals surface area (Å²) in [4.78, 5) is 4.89. The topological polar surface area (TPSA) is 27.1 Å². The van der Waals surface area contributed by atoms with Crippen LogP contribution in [0.2, 0.25) is 0 Å². The van der Waals surface area contributed by atoms with E-state index in [1.165, 1.54) is 39.3 Å². The molecule has 1 saturated heterocycles. The van der Waals surface area contributed by atoms with Crippen molar-refractivity contribution in [2.45, 2.75) is 111 Å². The van der Waals surface area contributed by atoms with E-state index in [1.807, 2.05) is 12.3 Å². The zero-order valence-corrected chi connectivity index (χ0v) is 38.7. The molecule has 0 aliphatic carbocycles. The van der Waals surface area contributed by atoms with Gasteiger partial charge in [0, 0.05) is 68.5 Å². The third-order valence-corrected chi connectivity index (χ3v) is 12.8. The smallest absolute Gasteiger partial charge is 0.225 e. The molecular formula is C53H57N4OPt-. The minimum absolute atomic E-state index is 0. The fourth-order valence-electron chi connectivity index (χ4n) is 9.19. The standard InChI is InChI=1S/C53H57N4O.Pt/c1-12-35(13-2)36-17-16-18-40(27-36)56-34-57(56,48-24-21-37(30-49(48)56)51(3,4)5)41-28-39(53(9,10)11)29-43(32-41)58-42-22-23-45-44-19-14-15-20-46(44)55(47(45)33-42)50-31-38(25-26-54-50)52(6,7)8;/h14-31,34-35H,12-13H2,1-11H3;/q-1;/t56-,57?;/m0./s1. The average Bonchev–Trinajstić information content (AvgIpc) is 3.68. The first-order chi connectivity index (χ1) is 27.5. The summed E-state index contributed by atoms with van der Waals surface area (Å²) in [5.41, 5.74) is 12.1.